The molecule has 0 unspecified atom stereocenters. The van der Waals surface area contributed by atoms with Gasteiger partial charge in [0.05, 0.1) is 0 Å². The number of aromatic nitrogens is 1. The van der Waals surface area contributed by atoms with Gasteiger partial charge >= 0.3 is 0 Å². The molecule has 3 aromatic carbocycles. The van der Waals surface area contributed by atoms with Gasteiger partial charge in [0.25, 0.3) is 5.91 Å². The summed E-state index contributed by atoms with van der Waals surface area (Å²) in [6.45, 7) is 2.08. The predicted octanol–water partition coefficient (Wildman–Crippen LogP) is 6.12. The van der Waals surface area contributed by atoms with Crippen molar-refractivity contribution < 1.29 is 13.9 Å². The maximum absolute atomic E-state index is 12.2. The first-order valence-electron chi connectivity index (χ1n) is 9.79. The molecule has 0 atom stereocenters. The molecule has 0 aliphatic heterocycles. The fourth-order valence-electron chi connectivity index (χ4n) is 3.15. The molecular weight excluding hydrogens is 400 g/mol. The third kappa shape index (κ3) is 4.81. The van der Waals surface area contributed by atoms with E-state index in [1.807, 2.05) is 30.3 Å². The lowest BCUT2D eigenvalue weighted by atomic mass is 10.1. The molecule has 0 radical (unpaired) electrons. The van der Waals surface area contributed by atoms with Crippen molar-refractivity contribution in [3.63, 3.8) is 0 Å². The molecule has 152 valence electrons. The second-order valence-corrected chi connectivity index (χ2v) is 7.38. The van der Waals surface area contributed by atoms with Crippen LogP contribution in [0.4, 0.5) is 5.69 Å². The zero-order chi connectivity index (χ0) is 20.9. The average Bonchev–Trinajstić information content (AvgIpc) is 3.16. The molecule has 6 heteroatoms. The van der Waals surface area contributed by atoms with Gasteiger partial charge in [-0.25, -0.2) is 4.98 Å². The van der Waals surface area contributed by atoms with Crippen molar-refractivity contribution in [1.82, 2.24) is 4.98 Å². The highest BCUT2D eigenvalue weighted by atomic mass is 35.5. The van der Waals surface area contributed by atoms with Crippen LogP contribution in [0.1, 0.15) is 18.9 Å². The molecule has 0 saturated carbocycles. The molecule has 0 aliphatic rings. The summed E-state index contributed by atoms with van der Waals surface area (Å²) in [5.41, 5.74) is 4.06. The number of amides is 1. The highest BCUT2D eigenvalue weighted by Crippen LogP contribution is 2.27. The van der Waals surface area contributed by atoms with Crippen LogP contribution in [0.25, 0.3) is 22.6 Å². The van der Waals surface area contributed by atoms with E-state index in [0.717, 1.165) is 18.4 Å². The molecule has 1 heterocycles. The Labute approximate surface area is 179 Å². The van der Waals surface area contributed by atoms with E-state index >= 15 is 0 Å². The van der Waals surface area contributed by atoms with Crippen LogP contribution < -0.4 is 10.1 Å². The number of carbonyl (C=O) groups excluding carboxylic acids is 1. The first-order chi connectivity index (χ1) is 14.6. The molecule has 30 heavy (non-hydrogen) atoms. The Morgan fingerprint density at radius 2 is 1.93 bits per heavy atom. The molecule has 4 aromatic rings. The van der Waals surface area contributed by atoms with Crippen molar-refractivity contribution in [2.24, 2.45) is 0 Å². The lowest BCUT2D eigenvalue weighted by Crippen LogP contribution is -2.20. The normalized spacial score (nSPS) is 10.9. The monoisotopic (exact) mass is 420 g/mol. The van der Waals surface area contributed by atoms with Gasteiger partial charge in [-0.1, -0.05) is 37.1 Å². The van der Waals surface area contributed by atoms with E-state index in [0.29, 0.717) is 33.4 Å². The van der Waals surface area contributed by atoms with Crippen molar-refractivity contribution in [2.75, 3.05) is 11.9 Å². The zero-order valence-electron chi connectivity index (χ0n) is 16.5. The number of aryl methyl sites for hydroxylation is 1. The molecule has 0 saturated heterocycles. The summed E-state index contributed by atoms with van der Waals surface area (Å²) in [7, 11) is 0. The summed E-state index contributed by atoms with van der Waals surface area (Å²) >= 11 is 6.00. The molecule has 0 bridgehead atoms. The molecule has 5 nitrogen and oxygen atoms in total. The smallest absolute Gasteiger partial charge is 0.262 e. The topological polar surface area (TPSA) is 64.4 Å². The summed E-state index contributed by atoms with van der Waals surface area (Å²) in [5.74, 6) is 0.975. The fraction of sp³-hybridized carbons (Fsp3) is 0.167. The van der Waals surface area contributed by atoms with Gasteiger partial charge in [0, 0.05) is 16.3 Å². The zero-order valence-corrected chi connectivity index (χ0v) is 17.3. The molecule has 0 aliphatic carbocycles. The Bertz CT molecular complexity index is 1170. The number of anilines is 1. The summed E-state index contributed by atoms with van der Waals surface area (Å²) in [6.07, 6.45) is 2.06. The second kappa shape index (κ2) is 9.01. The van der Waals surface area contributed by atoms with E-state index in [4.69, 9.17) is 20.8 Å². The first kappa shape index (κ1) is 20.0. The third-order valence-corrected chi connectivity index (χ3v) is 4.81. The van der Waals surface area contributed by atoms with Crippen molar-refractivity contribution in [1.29, 1.82) is 0 Å². The van der Waals surface area contributed by atoms with Gasteiger partial charge in [0.15, 0.2) is 12.2 Å². The molecule has 0 fully saturated rings. The van der Waals surface area contributed by atoms with Gasteiger partial charge in [-0.15, -0.1) is 0 Å². The van der Waals surface area contributed by atoms with Crippen LogP contribution in [-0.2, 0) is 11.2 Å². The van der Waals surface area contributed by atoms with Crippen molar-refractivity contribution >= 4 is 34.3 Å². The van der Waals surface area contributed by atoms with Crippen LogP contribution in [0.3, 0.4) is 0 Å². The Balaban J connectivity index is 1.37. The van der Waals surface area contributed by atoms with Gasteiger partial charge in [-0.2, -0.15) is 0 Å². The number of nitrogens with zero attached hydrogens (tertiary/aromatic N) is 1. The van der Waals surface area contributed by atoms with Crippen molar-refractivity contribution in [3.05, 3.63) is 77.3 Å². The predicted molar refractivity (Wildman–Crippen MR) is 119 cm³/mol. The number of hydrogen-bond acceptors (Lipinski definition) is 4. The quantitative estimate of drug-likeness (QED) is 0.391. The minimum absolute atomic E-state index is 0.0524. The standard InChI is InChI=1S/C24H21ClN2O3/c1-2-4-16-5-3-6-20(13-16)29-15-23(28)26-19-10-7-17(8-11-19)24-27-21-14-18(25)9-12-22(21)30-24/h3,5-14H,2,4,15H2,1H3,(H,26,28). The van der Waals surface area contributed by atoms with E-state index in [9.17, 15) is 4.79 Å². The Kier molecular flexibility index (Phi) is 6.00. The molecular formula is C24H21ClN2O3. The van der Waals surface area contributed by atoms with Crippen molar-refractivity contribution in [3.8, 4) is 17.2 Å². The van der Waals surface area contributed by atoms with Crippen LogP contribution in [0.2, 0.25) is 5.02 Å². The summed E-state index contributed by atoms with van der Waals surface area (Å²) in [5, 5.41) is 3.44. The Morgan fingerprint density at radius 3 is 2.73 bits per heavy atom. The largest absolute Gasteiger partial charge is 0.484 e. The summed E-state index contributed by atoms with van der Waals surface area (Å²) in [6, 6.07) is 20.4. The molecule has 1 amide bonds. The average molecular weight is 421 g/mol. The van der Waals surface area contributed by atoms with E-state index in [1.165, 1.54) is 5.56 Å². The number of nitrogens with one attached hydrogen (secondary N) is 1. The lowest BCUT2D eigenvalue weighted by Gasteiger charge is -2.09. The molecule has 0 spiro atoms. The number of rotatable bonds is 7. The maximum atomic E-state index is 12.2. The lowest BCUT2D eigenvalue weighted by molar-refractivity contribution is -0.118. The summed E-state index contributed by atoms with van der Waals surface area (Å²) < 4.78 is 11.4. The highest BCUT2D eigenvalue weighted by Gasteiger charge is 2.10. The van der Waals surface area contributed by atoms with Crippen LogP contribution in [0, 0.1) is 0 Å². The van der Waals surface area contributed by atoms with E-state index in [-0.39, 0.29) is 12.5 Å². The van der Waals surface area contributed by atoms with Gasteiger partial charge in [0.1, 0.15) is 11.3 Å². The molecule has 1 N–H and O–H groups in total. The Hall–Kier alpha value is -3.31. The molecule has 4 rings (SSSR count). The minimum atomic E-state index is -0.222. The van der Waals surface area contributed by atoms with Crippen LogP contribution >= 0.6 is 11.6 Å². The van der Waals surface area contributed by atoms with Gasteiger partial charge in [-0.3, -0.25) is 4.79 Å². The second-order valence-electron chi connectivity index (χ2n) is 6.94. The number of oxazole rings is 1. The van der Waals surface area contributed by atoms with E-state index in [2.05, 4.69) is 23.3 Å². The van der Waals surface area contributed by atoms with Crippen LogP contribution in [0.5, 0.6) is 5.75 Å². The van der Waals surface area contributed by atoms with Crippen LogP contribution in [0.15, 0.2) is 71.1 Å². The Morgan fingerprint density at radius 1 is 1.10 bits per heavy atom. The number of fused-ring (bicyclic) bond motifs is 1. The van der Waals surface area contributed by atoms with Crippen molar-refractivity contribution in [2.45, 2.75) is 19.8 Å². The maximum Gasteiger partial charge on any atom is 0.262 e. The highest BCUT2D eigenvalue weighted by molar-refractivity contribution is 6.31. The number of halogens is 1. The van der Waals surface area contributed by atoms with E-state index in [1.54, 1.807) is 30.3 Å². The minimum Gasteiger partial charge on any atom is -0.484 e. The van der Waals surface area contributed by atoms with Gasteiger partial charge in [0.2, 0.25) is 5.89 Å². The van der Waals surface area contributed by atoms with Gasteiger partial charge < -0.3 is 14.5 Å². The van der Waals surface area contributed by atoms with Gasteiger partial charge in [-0.05, 0) is 66.6 Å². The SMILES string of the molecule is CCCc1cccc(OCC(=O)Nc2ccc(-c3nc4cc(Cl)ccc4o3)cc2)c1. The fourth-order valence-corrected chi connectivity index (χ4v) is 3.31. The number of ether oxygens (including phenoxy) is 1. The molecule has 1 aromatic heterocycles. The number of hydrogen-bond donors (Lipinski definition) is 1. The van der Waals surface area contributed by atoms with E-state index < -0.39 is 0 Å². The van der Waals surface area contributed by atoms with Crippen LogP contribution in [-0.4, -0.2) is 17.5 Å². The number of carbonyl (C=O) groups is 1. The summed E-state index contributed by atoms with van der Waals surface area (Å²) in [4.78, 5) is 16.7. The number of benzene rings is 3. The third-order valence-electron chi connectivity index (χ3n) is 4.57. The first-order valence-corrected chi connectivity index (χ1v) is 10.2.